The highest BCUT2D eigenvalue weighted by atomic mass is 19.1. The summed E-state index contributed by atoms with van der Waals surface area (Å²) in [5, 5.41) is 2.77. The number of ether oxygens (including phenoxy) is 1. The Morgan fingerprint density at radius 2 is 1.87 bits per heavy atom. The lowest BCUT2D eigenvalue weighted by molar-refractivity contribution is -0.154. The van der Waals surface area contributed by atoms with E-state index >= 15 is 0 Å². The smallest absolute Gasteiger partial charge is 0.317 e. The summed E-state index contributed by atoms with van der Waals surface area (Å²) < 4.78 is 18.4. The molecule has 1 atom stereocenters. The van der Waals surface area contributed by atoms with Crippen molar-refractivity contribution in [2.24, 2.45) is 0 Å². The van der Waals surface area contributed by atoms with E-state index in [9.17, 15) is 14.0 Å². The molecule has 0 heterocycles. The van der Waals surface area contributed by atoms with Crippen LogP contribution in [0.4, 0.5) is 4.39 Å². The predicted molar refractivity (Wildman–Crippen MR) is 85.4 cm³/mol. The minimum atomic E-state index is -0.746. The van der Waals surface area contributed by atoms with Crippen molar-refractivity contribution in [1.29, 1.82) is 0 Å². The van der Waals surface area contributed by atoms with Gasteiger partial charge in [0.05, 0.1) is 5.41 Å². The molecule has 1 aliphatic rings. The summed E-state index contributed by atoms with van der Waals surface area (Å²) in [6.07, 6.45) is 4.01. The molecule has 5 heteroatoms. The van der Waals surface area contributed by atoms with Gasteiger partial charge in [-0.05, 0) is 43.9 Å². The van der Waals surface area contributed by atoms with Crippen LogP contribution in [-0.2, 0) is 19.7 Å². The third-order valence-electron chi connectivity index (χ3n) is 4.60. The van der Waals surface area contributed by atoms with Gasteiger partial charge in [0.15, 0.2) is 6.61 Å². The van der Waals surface area contributed by atoms with Crippen molar-refractivity contribution in [2.45, 2.75) is 57.4 Å². The first-order valence-electron chi connectivity index (χ1n) is 8.20. The van der Waals surface area contributed by atoms with Crippen LogP contribution in [0.2, 0.25) is 0 Å². The van der Waals surface area contributed by atoms with Gasteiger partial charge in [-0.3, -0.25) is 9.59 Å². The number of amides is 1. The second-order valence-electron chi connectivity index (χ2n) is 6.25. The lowest BCUT2D eigenvalue weighted by Crippen LogP contribution is -2.39. The topological polar surface area (TPSA) is 55.4 Å². The van der Waals surface area contributed by atoms with Crippen molar-refractivity contribution in [3.63, 3.8) is 0 Å². The van der Waals surface area contributed by atoms with Gasteiger partial charge in [-0.1, -0.05) is 31.9 Å². The number of benzene rings is 1. The predicted octanol–water partition coefficient (Wildman–Crippen LogP) is 3.10. The van der Waals surface area contributed by atoms with Crippen LogP contribution in [0.15, 0.2) is 24.3 Å². The summed E-state index contributed by atoms with van der Waals surface area (Å²) in [4.78, 5) is 24.4. The number of carbonyl (C=O) groups excluding carboxylic acids is 2. The number of hydrogen-bond donors (Lipinski definition) is 1. The Kier molecular flexibility index (Phi) is 5.74. The molecule has 0 spiro atoms. The summed E-state index contributed by atoms with van der Waals surface area (Å²) in [6, 6.07) is 6.05. The summed E-state index contributed by atoms with van der Waals surface area (Å²) in [5.74, 6) is -1.01. The van der Waals surface area contributed by atoms with Gasteiger partial charge in [-0.25, -0.2) is 4.39 Å². The van der Waals surface area contributed by atoms with Crippen LogP contribution >= 0.6 is 0 Å². The van der Waals surface area contributed by atoms with Crippen LogP contribution in [0.25, 0.3) is 0 Å². The Hall–Kier alpha value is -1.91. The zero-order chi connectivity index (χ0) is 16.9. The summed E-state index contributed by atoms with van der Waals surface area (Å²) in [7, 11) is 0. The number of esters is 1. The molecule has 0 radical (unpaired) electrons. The molecule has 0 saturated heterocycles. The first-order valence-corrected chi connectivity index (χ1v) is 8.20. The van der Waals surface area contributed by atoms with Gasteiger partial charge in [0.2, 0.25) is 0 Å². The van der Waals surface area contributed by atoms with E-state index in [4.69, 9.17) is 4.74 Å². The van der Waals surface area contributed by atoms with Crippen molar-refractivity contribution in [3.8, 4) is 0 Å². The highest BCUT2D eigenvalue weighted by molar-refractivity contribution is 5.86. The van der Waals surface area contributed by atoms with Gasteiger partial charge in [-0.15, -0.1) is 0 Å². The number of nitrogens with one attached hydrogen (secondary N) is 1. The molecule has 0 aliphatic heterocycles. The molecule has 126 valence electrons. The average Bonchev–Trinajstić information content (AvgIpc) is 3.04. The lowest BCUT2D eigenvalue weighted by atomic mass is 9.79. The molecule has 1 fully saturated rings. The fourth-order valence-corrected chi connectivity index (χ4v) is 3.05. The molecule has 1 aromatic rings. The Morgan fingerprint density at radius 1 is 1.26 bits per heavy atom. The fraction of sp³-hybridized carbons (Fsp3) is 0.556. The molecule has 1 aromatic carbocycles. The van der Waals surface area contributed by atoms with E-state index in [1.54, 1.807) is 12.1 Å². The largest absolute Gasteiger partial charge is 0.455 e. The zero-order valence-electron chi connectivity index (χ0n) is 13.7. The second-order valence-corrected chi connectivity index (χ2v) is 6.25. The minimum Gasteiger partial charge on any atom is -0.455 e. The van der Waals surface area contributed by atoms with Crippen molar-refractivity contribution < 1.29 is 18.7 Å². The first kappa shape index (κ1) is 17.4. The van der Waals surface area contributed by atoms with Crippen LogP contribution in [0.5, 0.6) is 0 Å². The van der Waals surface area contributed by atoms with E-state index < -0.39 is 5.41 Å². The Morgan fingerprint density at radius 3 is 2.43 bits per heavy atom. The zero-order valence-corrected chi connectivity index (χ0v) is 13.7. The van der Waals surface area contributed by atoms with Crippen LogP contribution in [0.3, 0.4) is 0 Å². The number of hydrogen-bond acceptors (Lipinski definition) is 3. The molecular formula is C18H24FNO3. The molecule has 0 bridgehead atoms. The molecule has 1 amide bonds. The monoisotopic (exact) mass is 321 g/mol. The van der Waals surface area contributed by atoms with Crippen molar-refractivity contribution in [2.75, 3.05) is 6.61 Å². The quantitative estimate of drug-likeness (QED) is 0.819. The molecular weight excluding hydrogens is 297 g/mol. The average molecular weight is 321 g/mol. The van der Waals surface area contributed by atoms with Crippen LogP contribution < -0.4 is 5.32 Å². The molecule has 23 heavy (non-hydrogen) atoms. The fourth-order valence-electron chi connectivity index (χ4n) is 3.05. The number of rotatable bonds is 6. The Labute approximate surface area is 136 Å². The van der Waals surface area contributed by atoms with Gasteiger partial charge >= 0.3 is 5.97 Å². The third kappa shape index (κ3) is 4.09. The molecule has 1 N–H and O–H groups in total. The van der Waals surface area contributed by atoms with Gasteiger partial charge in [0, 0.05) is 6.04 Å². The van der Waals surface area contributed by atoms with Crippen molar-refractivity contribution >= 4 is 11.9 Å². The van der Waals surface area contributed by atoms with Crippen molar-refractivity contribution in [1.82, 2.24) is 5.32 Å². The van der Waals surface area contributed by atoms with E-state index in [1.807, 2.05) is 13.8 Å². The molecule has 2 rings (SSSR count). The number of halogens is 1. The van der Waals surface area contributed by atoms with E-state index in [2.05, 4.69) is 5.32 Å². The van der Waals surface area contributed by atoms with E-state index in [-0.39, 0.29) is 30.3 Å². The van der Waals surface area contributed by atoms with Gasteiger partial charge in [-0.2, -0.15) is 0 Å². The maximum absolute atomic E-state index is 13.1. The maximum atomic E-state index is 13.1. The summed E-state index contributed by atoms with van der Waals surface area (Å²) >= 11 is 0. The number of carbonyl (C=O) groups is 2. The van der Waals surface area contributed by atoms with Crippen LogP contribution in [-0.4, -0.2) is 24.5 Å². The second kappa shape index (κ2) is 7.57. The summed E-state index contributed by atoms with van der Waals surface area (Å²) in [6.45, 7) is 3.60. The molecule has 1 saturated carbocycles. The normalized spacial score (nSPS) is 17.5. The van der Waals surface area contributed by atoms with Crippen LogP contribution in [0.1, 0.15) is 51.5 Å². The highest BCUT2D eigenvalue weighted by Gasteiger charge is 2.44. The third-order valence-corrected chi connectivity index (χ3v) is 4.60. The Bertz CT molecular complexity index is 550. The van der Waals surface area contributed by atoms with Gasteiger partial charge in [0.1, 0.15) is 5.82 Å². The van der Waals surface area contributed by atoms with Crippen LogP contribution in [0, 0.1) is 5.82 Å². The molecule has 1 aliphatic carbocycles. The SMILES string of the molecule is CC[C@H](C)NC(=O)COC(=O)C1(c2ccc(F)cc2)CCCC1. The lowest BCUT2D eigenvalue weighted by Gasteiger charge is -2.27. The highest BCUT2D eigenvalue weighted by Crippen LogP contribution is 2.42. The maximum Gasteiger partial charge on any atom is 0.317 e. The molecule has 0 aromatic heterocycles. The molecule has 4 nitrogen and oxygen atoms in total. The van der Waals surface area contributed by atoms with E-state index in [0.29, 0.717) is 12.8 Å². The van der Waals surface area contributed by atoms with Gasteiger partial charge in [0.25, 0.3) is 5.91 Å². The first-order chi connectivity index (χ1) is 11.0. The Balaban J connectivity index is 2.04. The van der Waals surface area contributed by atoms with Crippen molar-refractivity contribution in [3.05, 3.63) is 35.6 Å². The summed E-state index contributed by atoms with van der Waals surface area (Å²) in [5.41, 5.74) is 0.0217. The van der Waals surface area contributed by atoms with E-state index in [1.165, 1.54) is 12.1 Å². The van der Waals surface area contributed by atoms with E-state index in [0.717, 1.165) is 24.8 Å². The molecule has 0 unspecified atom stereocenters. The van der Waals surface area contributed by atoms with Gasteiger partial charge < -0.3 is 10.1 Å². The standard InChI is InChI=1S/C18H24FNO3/c1-3-13(2)20-16(21)12-23-17(22)18(10-4-5-11-18)14-6-8-15(19)9-7-14/h6-9,13H,3-5,10-12H2,1-2H3,(H,20,21)/t13-/m0/s1. The minimum absolute atomic E-state index is 0.0544.